The van der Waals surface area contributed by atoms with E-state index < -0.39 is 18.0 Å². The Hall–Kier alpha value is -2.41. The van der Waals surface area contributed by atoms with Gasteiger partial charge >= 0.3 is 12.0 Å². The standard InChI is InChI=1S/C13H13N3O3S/c1-8-7-20-13(14-8)16-12(19)15-10(11(17)18)9-5-3-2-4-6-9/h2-7,10H,1H3,(H,17,18)(H2,14,15,16,19)/t10-/m1/s1. The van der Waals surface area contributed by atoms with Gasteiger partial charge in [0.1, 0.15) is 0 Å². The number of anilines is 1. The number of carboxylic acids is 1. The van der Waals surface area contributed by atoms with Crippen molar-refractivity contribution >= 4 is 28.5 Å². The van der Waals surface area contributed by atoms with Gasteiger partial charge in [0.05, 0.1) is 5.69 Å². The van der Waals surface area contributed by atoms with Crippen LogP contribution in [-0.2, 0) is 4.79 Å². The number of aromatic nitrogens is 1. The minimum absolute atomic E-state index is 0.428. The van der Waals surface area contributed by atoms with E-state index in [9.17, 15) is 14.7 Å². The second-order valence-corrected chi connectivity index (χ2v) is 4.93. The summed E-state index contributed by atoms with van der Waals surface area (Å²) in [6.07, 6.45) is 0. The Morgan fingerprint density at radius 2 is 2.00 bits per heavy atom. The van der Waals surface area contributed by atoms with Crippen LogP contribution in [0.2, 0.25) is 0 Å². The number of thiazole rings is 1. The molecule has 1 aromatic carbocycles. The zero-order chi connectivity index (χ0) is 14.5. The van der Waals surface area contributed by atoms with Gasteiger partial charge in [-0.15, -0.1) is 11.3 Å². The number of aliphatic carboxylic acids is 1. The smallest absolute Gasteiger partial charge is 0.330 e. The number of amides is 2. The Morgan fingerprint density at radius 1 is 1.30 bits per heavy atom. The van der Waals surface area contributed by atoms with Crippen molar-refractivity contribution in [2.24, 2.45) is 0 Å². The van der Waals surface area contributed by atoms with Crippen LogP contribution in [0, 0.1) is 6.92 Å². The summed E-state index contributed by atoms with van der Waals surface area (Å²) in [5, 5.41) is 16.3. The molecule has 6 nitrogen and oxygen atoms in total. The van der Waals surface area contributed by atoms with Gasteiger partial charge in [-0.1, -0.05) is 30.3 Å². The first-order chi connectivity index (χ1) is 9.56. The molecule has 0 saturated carbocycles. The molecule has 0 saturated heterocycles. The molecular weight excluding hydrogens is 278 g/mol. The monoisotopic (exact) mass is 291 g/mol. The molecule has 0 radical (unpaired) electrons. The van der Waals surface area contributed by atoms with Crippen LogP contribution < -0.4 is 10.6 Å². The first kappa shape index (κ1) is 14.0. The Bertz CT molecular complexity index is 612. The summed E-state index contributed by atoms with van der Waals surface area (Å²) >= 11 is 1.28. The topological polar surface area (TPSA) is 91.3 Å². The predicted molar refractivity (Wildman–Crippen MR) is 75.8 cm³/mol. The summed E-state index contributed by atoms with van der Waals surface area (Å²) in [5.41, 5.74) is 1.30. The van der Waals surface area contributed by atoms with Crippen LogP contribution in [0.25, 0.3) is 0 Å². The van der Waals surface area contributed by atoms with Crippen molar-refractivity contribution in [1.29, 1.82) is 0 Å². The van der Waals surface area contributed by atoms with Crippen LogP contribution in [0.4, 0.5) is 9.93 Å². The molecule has 1 aromatic heterocycles. The molecule has 1 atom stereocenters. The molecule has 20 heavy (non-hydrogen) atoms. The molecule has 2 amide bonds. The number of hydrogen-bond acceptors (Lipinski definition) is 4. The first-order valence-electron chi connectivity index (χ1n) is 5.83. The normalized spacial score (nSPS) is 11.7. The van der Waals surface area contributed by atoms with Gasteiger partial charge in [0, 0.05) is 5.38 Å². The summed E-state index contributed by atoms with van der Waals surface area (Å²) in [4.78, 5) is 27.1. The zero-order valence-electron chi connectivity index (χ0n) is 10.7. The number of aryl methyl sites for hydroxylation is 1. The molecule has 0 aliphatic rings. The molecule has 0 unspecified atom stereocenters. The molecule has 1 heterocycles. The Balaban J connectivity index is 2.05. The lowest BCUT2D eigenvalue weighted by Crippen LogP contribution is -2.36. The van der Waals surface area contributed by atoms with E-state index in [1.165, 1.54) is 11.3 Å². The summed E-state index contributed by atoms with van der Waals surface area (Å²) in [6.45, 7) is 1.81. The fourth-order valence-electron chi connectivity index (χ4n) is 1.61. The van der Waals surface area contributed by atoms with Crippen molar-refractivity contribution < 1.29 is 14.7 Å². The minimum atomic E-state index is -1.12. The van der Waals surface area contributed by atoms with Gasteiger partial charge in [-0.2, -0.15) is 0 Å². The summed E-state index contributed by atoms with van der Waals surface area (Å²) in [6, 6.07) is 6.80. The summed E-state index contributed by atoms with van der Waals surface area (Å²) < 4.78 is 0. The van der Waals surface area contributed by atoms with Crippen LogP contribution in [0.1, 0.15) is 17.3 Å². The van der Waals surface area contributed by atoms with E-state index in [1.54, 1.807) is 35.7 Å². The average molecular weight is 291 g/mol. The third kappa shape index (κ3) is 3.55. The number of rotatable bonds is 4. The predicted octanol–water partition coefficient (Wildman–Crippen LogP) is 2.40. The third-order valence-corrected chi connectivity index (χ3v) is 3.37. The van der Waals surface area contributed by atoms with E-state index in [2.05, 4.69) is 15.6 Å². The maximum Gasteiger partial charge on any atom is 0.330 e. The maximum absolute atomic E-state index is 11.8. The van der Waals surface area contributed by atoms with Crippen LogP contribution >= 0.6 is 11.3 Å². The number of nitrogens with one attached hydrogen (secondary N) is 2. The average Bonchev–Trinajstić information content (AvgIpc) is 2.82. The molecular formula is C13H13N3O3S. The minimum Gasteiger partial charge on any atom is -0.479 e. The Morgan fingerprint density at radius 3 is 2.55 bits per heavy atom. The van der Waals surface area contributed by atoms with Crippen molar-refractivity contribution in [2.45, 2.75) is 13.0 Å². The fraction of sp³-hybridized carbons (Fsp3) is 0.154. The molecule has 0 bridgehead atoms. The molecule has 104 valence electrons. The van der Waals surface area contributed by atoms with E-state index in [0.29, 0.717) is 10.7 Å². The molecule has 2 rings (SSSR count). The number of nitrogens with zero attached hydrogens (tertiary/aromatic N) is 1. The van der Waals surface area contributed by atoms with Crippen LogP contribution in [0.3, 0.4) is 0 Å². The highest BCUT2D eigenvalue weighted by Gasteiger charge is 2.22. The highest BCUT2D eigenvalue weighted by molar-refractivity contribution is 7.13. The van der Waals surface area contributed by atoms with Crippen LogP contribution in [0.5, 0.6) is 0 Å². The van der Waals surface area contributed by atoms with E-state index in [0.717, 1.165) is 5.69 Å². The number of carbonyl (C=O) groups excluding carboxylic acids is 1. The number of hydrogen-bond donors (Lipinski definition) is 3. The second-order valence-electron chi connectivity index (χ2n) is 4.07. The highest BCUT2D eigenvalue weighted by Crippen LogP contribution is 2.16. The van der Waals surface area contributed by atoms with Gasteiger partial charge < -0.3 is 10.4 Å². The summed E-state index contributed by atoms with van der Waals surface area (Å²) in [7, 11) is 0. The third-order valence-electron chi connectivity index (χ3n) is 2.49. The highest BCUT2D eigenvalue weighted by atomic mass is 32.1. The molecule has 0 aliphatic heterocycles. The van der Waals surface area contributed by atoms with Crippen molar-refractivity contribution in [3.05, 3.63) is 47.0 Å². The largest absolute Gasteiger partial charge is 0.479 e. The lowest BCUT2D eigenvalue weighted by molar-refractivity contribution is -0.139. The first-order valence-corrected chi connectivity index (χ1v) is 6.71. The quantitative estimate of drug-likeness (QED) is 0.806. The van der Waals surface area contributed by atoms with Crippen molar-refractivity contribution in [3.8, 4) is 0 Å². The van der Waals surface area contributed by atoms with Crippen molar-refractivity contribution in [2.75, 3.05) is 5.32 Å². The molecule has 0 fully saturated rings. The molecule has 2 aromatic rings. The van der Waals surface area contributed by atoms with Gasteiger partial charge in [-0.25, -0.2) is 14.6 Å². The second kappa shape index (κ2) is 6.16. The SMILES string of the molecule is Cc1csc(NC(=O)N[C@@H](C(=O)O)c2ccccc2)n1. The van der Waals surface area contributed by atoms with Gasteiger partial charge in [-0.05, 0) is 12.5 Å². The van der Waals surface area contributed by atoms with Gasteiger partial charge in [0.2, 0.25) is 0 Å². The van der Waals surface area contributed by atoms with E-state index in [1.807, 2.05) is 6.92 Å². The number of carbonyl (C=O) groups is 2. The lowest BCUT2D eigenvalue weighted by atomic mass is 10.1. The molecule has 7 heteroatoms. The van der Waals surface area contributed by atoms with Gasteiger partial charge in [-0.3, -0.25) is 5.32 Å². The van der Waals surface area contributed by atoms with Crippen molar-refractivity contribution in [1.82, 2.24) is 10.3 Å². The Kier molecular flexibility index (Phi) is 4.31. The zero-order valence-corrected chi connectivity index (χ0v) is 11.5. The van der Waals surface area contributed by atoms with Gasteiger partial charge in [0.25, 0.3) is 0 Å². The van der Waals surface area contributed by atoms with E-state index in [-0.39, 0.29) is 0 Å². The number of benzene rings is 1. The molecule has 3 N–H and O–H groups in total. The molecule has 0 spiro atoms. The number of urea groups is 1. The van der Waals surface area contributed by atoms with E-state index in [4.69, 9.17) is 0 Å². The fourth-order valence-corrected chi connectivity index (χ4v) is 2.29. The Labute approximate surface area is 119 Å². The molecule has 0 aliphatic carbocycles. The van der Waals surface area contributed by atoms with Crippen molar-refractivity contribution in [3.63, 3.8) is 0 Å². The van der Waals surface area contributed by atoms with E-state index >= 15 is 0 Å². The van der Waals surface area contributed by atoms with Crippen LogP contribution in [-0.4, -0.2) is 22.1 Å². The van der Waals surface area contributed by atoms with Crippen LogP contribution in [0.15, 0.2) is 35.7 Å². The van der Waals surface area contributed by atoms with Gasteiger partial charge in [0.15, 0.2) is 11.2 Å². The lowest BCUT2D eigenvalue weighted by Gasteiger charge is -2.14. The number of carboxylic acid groups (broad SMARTS) is 1. The summed E-state index contributed by atoms with van der Waals surface area (Å²) in [5.74, 6) is -1.12. The maximum atomic E-state index is 11.8.